The van der Waals surface area contributed by atoms with E-state index in [4.69, 9.17) is 4.42 Å². The summed E-state index contributed by atoms with van der Waals surface area (Å²) in [7, 11) is 0. The predicted molar refractivity (Wildman–Crippen MR) is 274 cm³/mol. The van der Waals surface area contributed by atoms with E-state index in [1.807, 2.05) is 11.3 Å². The molecule has 294 valence electrons. The van der Waals surface area contributed by atoms with E-state index in [-0.39, 0.29) is 0 Å². The van der Waals surface area contributed by atoms with E-state index in [0.717, 1.165) is 21.9 Å². The molecule has 0 aliphatic carbocycles. The van der Waals surface area contributed by atoms with Gasteiger partial charge in [0.2, 0.25) is 0 Å². The van der Waals surface area contributed by atoms with Crippen LogP contribution in [0.25, 0.3) is 151 Å². The first-order valence-corrected chi connectivity index (χ1v) is 22.8. The number of pyridine rings is 2. The minimum atomic E-state index is 0.912. The third-order valence-electron chi connectivity index (χ3n) is 14.4. The Kier molecular flexibility index (Phi) is 6.19. The topological polar surface area (TPSA) is 22.0 Å². The van der Waals surface area contributed by atoms with Crippen LogP contribution in [0.4, 0.5) is 0 Å². The standard InChI is InChI=1S/C60H32N2OS/c1-3-11-39-33(9-1)19-23-43-52-28-38-18-17-35(26-50(38)62(52)53-29-45-41-12-4-7-15-55(41)63-56(45)31-47(53)59(39)43)34-20-22-40-36(25-34)21-24-44-51-27-37-10-2-6-14-49(37)61(51)54-30-46-42-13-5-8-16-57(42)64-58(46)32-48(54)60(40)44/h1-32H. The Labute approximate surface area is 367 Å². The number of hydrogen-bond donors (Lipinski definition) is 0. The predicted octanol–water partition coefficient (Wildman–Crippen LogP) is 17.4. The summed E-state index contributed by atoms with van der Waals surface area (Å²) >= 11 is 1.89. The van der Waals surface area contributed by atoms with Crippen LogP contribution in [0, 0.1) is 0 Å². The van der Waals surface area contributed by atoms with Gasteiger partial charge >= 0.3 is 0 Å². The summed E-state index contributed by atoms with van der Waals surface area (Å²) in [6.07, 6.45) is 0. The maximum absolute atomic E-state index is 6.52. The largest absolute Gasteiger partial charge is 0.456 e. The molecule has 6 aromatic heterocycles. The van der Waals surface area contributed by atoms with E-state index in [1.165, 1.54) is 129 Å². The number of benzene rings is 10. The van der Waals surface area contributed by atoms with E-state index >= 15 is 0 Å². The average Bonchev–Trinajstić information content (AvgIpc) is 4.12. The second kappa shape index (κ2) is 11.8. The minimum absolute atomic E-state index is 0.912. The van der Waals surface area contributed by atoms with Crippen molar-refractivity contribution < 1.29 is 4.42 Å². The molecule has 0 amide bonds. The van der Waals surface area contributed by atoms with Crippen molar-refractivity contribution in [3.63, 3.8) is 0 Å². The zero-order valence-electron chi connectivity index (χ0n) is 34.2. The third-order valence-corrected chi connectivity index (χ3v) is 15.5. The lowest BCUT2D eigenvalue weighted by Crippen LogP contribution is -1.93. The first-order chi connectivity index (χ1) is 31.7. The second-order valence-electron chi connectivity index (χ2n) is 17.6. The monoisotopic (exact) mass is 828 g/mol. The van der Waals surface area contributed by atoms with Gasteiger partial charge in [0.25, 0.3) is 0 Å². The van der Waals surface area contributed by atoms with Crippen molar-refractivity contribution in [2.24, 2.45) is 0 Å². The maximum Gasteiger partial charge on any atom is 0.136 e. The molecule has 0 radical (unpaired) electrons. The first-order valence-electron chi connectivity index (χ1n) is 22.0. The molecule has 16 rings (SSSR count). The van der Waals surface area contributed by atoms with Crippen LogP contribution in [0.3, 0.4) is 0 Å². The lowest BCUT2D eigenvalue weighted by atomic mass is 9.94. The van der Waals surface area contributed by atoms with Crippen LogP contribution < -0.4 is 0 Å². The van der Waals surface area contributed by atoms with E-state index in [0.29, 0.717) is 0 Å². The molecule has 0 saturated carbocycles. The number of para-hydroxylation sites is 2. The van der Waals surface area contributed by atoms with Gasteiger partial charge in [0.15, 0.2) is 0 Å². The number of nitrogens with zero attached hydrogens (tertiary/aromatic N) is 2. The van der Waals surface area contributed by atoms with Crippen LogP contribution in [0.15, 0.2) is 199 Å². The van der Waals surface area contributed by atoms with Gasteiger partial charge in [-0.2, -0.15) is 0 Å². The lowest BCUT2D eigenvalue weighted by molar-refractivity contribution is 0.669. The van der Waals surface area contributed by atoms with E-state index in [9.17, 15) is 0 Å². The molecule has 0 fully saturated rings. The molecule has 64 heavy (non-hydrogen) atoms. The number of hydrogen-bond acceptors (Lipinski definition) is 2. The van der Waals surface area contributed by atoms with Crippen LogP contribution in [0.2, 0.25) is 0 Å². The molecule has 10 aromatic carbocycles. The molecule has 4 heteroatoms. The number of aromatic nitrogens is 2. The molecule has 0 atom stereocenters. The molecule has 0 unspecified atom stereocenters. The highest BCUT2D eigenvalue weighted by molar-refractivity contribution is 7.25. The molecule has 0 spiro atoms. The van der Waals surface area contributed by atoms with Gasteiger partial charge in [-0.3, -0.25) is 0 Å². The fourth-order valence-electron chi connectivity index (χ4n) is 11.5. The molecule has 16 aromatic rings. The number of furan rings is 1. The molecule has 6 heterocycles. The first kappa shape index (κ1) is 33.4. The highest BCUT2D eigenvalue weighted by Crippen LogP contribution is 2.45. The zero-order valence-corrected chi connectivity index (χ0v) is 35.0. The van der Waals surface area contributed by atoms with Gasteiger partial charge in [-0.25, -0.2) is 0 Å². The Balaban J connectivity index is 0.967. The molecule has 3 nitrogen and oxygen atoms in total. The highest BCUT2D eigenvalue weighted by Gasteiger charge is 2.20. The number of fused-ring (bicyclic) bond motifs is 26. The Hall–Kier alpha value is -8.18. The van der Waals surface area contributed by atoms with Gasteiger partial charge in [-0.15, -0.1) is 11.3 Å². The van der Waals surface area contributed by atoms with Crippen molar-refractivity contribution in [3.05, 3.63) is 194 Å². The molecule has 0 N–H and O–H groups in total. The molecule has 0 bridgehead atoms. The van der Waals surface area contributed by atoms with Crippen molar-refractivity contribution in [1.82, 2.24) is 8.80 Å². The van der Waals surface area contributed by atoms with Gasteiger partial charge in [-0.1, -0.05) is 127 Å². The lowest BCUT2D eigenvalue weighted by Gasteiger charge is -2.14. The third kappa shape index (κ3) is 4.26. The van der Waals surface area contributed by atoms with E-state index in [1.54, 1.807) is 0 Å². The van der Waals surface area contributed by atoms with Crippen LogP contribution in [-0.4, -0.2) is 8.80 Å². The fourth-order valence-corrected chi connectivity index (χ4v) is 12.7. The van der Waals surface area contributed by atoms with Crippen LogP contribution in [-0.2, 0) is 0 Å². The van der Waals surface area contributed by atoms with Gasteiger partial charge in [0.05, 0.1) is 33.1 Å². The van der Waals surface area contributed by atoms with Crippen molar-refractivity contribution >= 4 is 151 Å². The summed E-state index contributed by atoms with van der Waals surface area (Å²) in [6, 6.07) is 72.5. The van der Waals surface area contributed by atoms with Crippen molar-refractivity contribution in [1.29, 1.82) is 0 Å². The van der Waals surface area contributed by atoms with Gasteiger partial charge in [-0.05, 0) is 99.4 Å². The Morgan fingerprint density at radius 3 is 1.72 bits per heavy atom. The molecule has 0 saturated heterocycles. The average molecular weight is 829 g/mol. The zero-order chi connectivity index (χ0) is 41.4. The SMILES string of the molecule is c1ccc2c(c1)ccc1c2c2cc3oc4ccccc4c3cc2n2c3cc(-c4ccc5c(ccc6c5c5cc7sc8ccccc8c7cc5n5c7ccccc7cc65)c4)ccc3cc12. The minimum Gasteiger partial charge on any atom is -0.456 e. The number of thiophene rings is 1. The number of rotatable bonds is 1. The summed E-state index contributed by atoms with van der Waals surface area (Å²) in [4.78, 5) is 0. The van der Waals surface area contributed by atoms with E-state index in [2.05, 4.69) is 203 Å². The van der Waals surface area contributed by atoms with Crippen LogP contribution in [0.1, 0.15) is 0 Å². The van der Waals surface area contributed by atoms with Crippen LogP contribution in [0.5, 0.6) is 0 Å². The van der Waals surface area contributed by atoms with Crippen LogP contribution >= 0.6 is 11.3 Å². The van der Waals surface area contributed by atoms with E-state index < -0.39 is 0 Å². The van der Waals surface area contributed by atoms with Gasteiger partial charge in [0, 0.05) is 74.0 Å². The fraction of sp³-hybridized carbons (Fsp3) is 0. The molecule has 0 aliphatic heterocycles. The van der Waals surface area contributed by atoms with Gasteiger partial charge in [0.1, 0.15) is 11.2 Å². The summed E-state index contributed by atoms with van der Waals surface area (Å²) in [5, 5.41) is 20.0. The summed E-state index contributed by atoms with van der Waals surface area (Å²) < 4.78 is 14.2. The van der Waals surface area contributed by atoms with Crippen molar-refractivity contribution in [2.75, 3.05) is 0 Å². The van der Waals surface area contributed by atoms with Crippen molar-refractivity contribution in [3.8, 4) is 11.1 Å². The normalized spacial score (nSPS) is 12.7. The summed E-state index contributed by atoms with van der Waals surface area (Å²) in [5.74, 6) is 0. The molecule has 0 aliphatic rings. The Morgan fingerprint density at radius 2 is 0.859 bits per heavy atom. The Bertz CT molecular complexity index is 4790. The summed E-state index contributed by atoms with van der Waals surface area (Å²) in [5.41, 5.74) is 11.5. The van der Waals surface area contributed by atoms with Crippen molar-refractivity contribution in [2.45, 2.75) is 0 Å². The highest BCUT2D eigenvalue weighted by atomic mass is 32.1. The maximum atomic E-state index is 6.52. The quantitative estimate of drug-likeness (QED) is 0.151. The summed E-state index contributed by atoms with van der Waals surface area (Å²) in [6.45, 7) is 0. The van der Waals surface area contributed by atoms with Gasteiger partial charge < -0.3 is 13.2 Å². The Morgan fingerprint density at radius 1 is 0.281 bits per heavy atom. The smallest absolute Gasteiger partial charge is 0.136 e. The molecular weight excluding hydrogens is 797 g/mol. The molecular formula is C60H32N2OS. The second-order valence-corrected chi connectivity index (χ2v) is 18.7.